The third kappa shape index (κ3) is 5.78. The van der Waals surface area contributed by atoms with Crippen molar-refractivity contribution in [1.82, 2.24) is 0 Å². The normalized spacial score (nSPS) is 8.48. The molecule has 0 aliphatic carbocycles. The van der Waals surface area contributed by atoms with Crippen molar-refractivity contribution in [3.63, 3.8) is 0 Å². The molecule has 2 rings (SSSR count). The van der Waals surface area contributed by atoms with E-state index >= 15 is 0 Å². The molecule has 0 aromatic heterocycles. The molecule has 2 aromatic carbocycles. The van der Waals surface area contributed by atoms with Gasteiger partial charge in [-0.2, -0.15) is 0 Å². The number of para-hydroxylation sites is 4. The molecule has 112 valence electrons. The maximum atomic E-state index is 5.70. The van der Waals surface area contributed by atoms with Crippen molar-refractivity contribution in [3.05, 3.63) is 48.5 Å². The summed E-state index contributed by atoms with van der Waals surface area (Å²) < 4.78 is 21.8. The summed E-state index contributed by atoms with van der Waals surface area (Å²) in [5.74, 6) is 2.86. The van der Waals surface area contributed by atoms with Crippen LogP contribution in [-0.2, 0) is 24.1 Å². The predicted octanol–water partition coefficient (Wildman–Crippen LogP) is -2.92. The Labute approximate surface area is 149 Å². The monoisotopic (exact) mass is 406 g/mol. The standard InChI is InChI=1S/2C7H8O2.2ClH.Zr/c2*1-9-7-5-3-2-4-6(7)8;;;/h2*2-5,8H,1H3;2*1H;/q;;;;+4/p-4. The second-order valence-corrected chi connectivity index (χ2v) is 5.00. The zero-order valence-corrected chi connectivity index (χ0v) is 15.5. The van der Waals surface area contributed by atoms with Crippen molar-refractivity contribution in [1.29, 1.82) is 0 Å². The first-order chi connectivity index (χ1) is 9.35. The van der Waals surface area contributed by atoms with Crippen molar-refractivity contribution < 1.29 is 64.0 Å². The Morgan fingerprint density at radius 3 is 1.29 bits per heavy atom. The average molecular weight is 408 g/mol. The summed E-state index contributed by atoms with van der Waals surface area (Å²) in [4.78, 5) is 0. The molecule has 0 bridgehead atoms. The molecule has 0 saturated heterocycles. The van der Waals surface area contributed by atoms with E-state index in [0.29, 0.717) is 23.0 Å². The van der Waals surface area contributed by atoms with Gasteiger partial charge in [0.2, 0.25) is 0 Å². The first kappa shape index (κ1) is 20.1. The maximum Gasteiger partial charge on any atom is -1.00 e. The van der Waals surface area contributed by atoms with Crippen LogP contribution in [0, 0.1) is 0 Å². The van der Waals surface area contributed by atoms with Crippen LogP contribution in [0.1, 0.15) is 0 Å². The van der Waals surface area contributed by atoms with Crippen molar-refractivity contribution >= 4 is 0 Å². The van der Waals surface area contributed by atoms with Crippen LogP contribution in [0.3, 0.4) is 0 Å². The topological polar surface area (TPSA) is 36.9 Å². The predicted molar refractivity (Wildman–Crippen MR) is 67.2 cm³/mol. The Balaban J connectivity index is 0.00000200. The molecule has 4 nitrogen and oxygen atoms in total. The van der Waals surface area contributed by atoms with Gasteiger partial charge in [-0.25, -0.2) is 0 Å². The SMILES string of the molecule is COc1ccccc1[O][Zr+2][O]c1ccccc1OC.[Cl-].[Cl-]. The van der Waals surface area contributed by atoms with Crippen LogP contribution in [0.4, 0.5) is 0 Å². The number of ether oxygens (including phenoxy) is 2. The molecular formula is C14H14Cl2O4Zr. The summed E-state index contributed by atoms with van der Waals surface area (Å²) >= 11 is -1.50. The van der Waals surface area contributed by atoms with Crippen LogP contribution in [0.5, 0.6) is 23.0 Å². The molecule has 0 fully saturated rings. The number of halogens is 2. The number of benzene rings is 2. The van der Waals surface area contributed by atoms with Crippen molar-refractivity contribution in [3.8, 4) is 23.0 Å². The van der Waals surface area contributed by atoms with Crippen LogP contribution in [-0.4, -0.2) is 14.2 Å². The summed E-state index contributed by atoms with van der Waals surface area (Å²) in [6.07, 6.45) is 0. The van der Waals surface area contributed by atoms with Gasteiger partial charge in [0.05, 0.1) is 0 Å². The molecule has 0 atom stereocenters. The van der Waals surface area contributed by atoms with E-state index in [1.165, 1.54) is 0 Å². The van der Waals surface area contributed by atoms with Gasteiger partial charge < -0.3 is 24.8 Å². The Bertz CT molecular complexity index is 492. The number of hydrogen-bond donors (Lipinski definition) is 0. The molecule has 21 heavy (non-hydrogen) atoms. The van der Waals surface area contributed by atoms with E-state index in [0.717, 1.165) is 0 Å². The van der Waals surface area contributed by atoms with Crippen molar-refractivity contribution in [2.45, 2.75) is 0 Å². The fourth-order valence-corrected chi connectivity index (χ4v) is 2.89. The molecule has 2 aromatic rings. The first-order valence-electron chi connectivity index (χ1n) is 5.70. The van der Waals surface area contributed by atoms with E-state index in [-0.39, 0.29) is 24.8 Å². The summed E-state index contributed by atoms with van der Waals surface area (Å²) in [5, 5.41) is 0. The molecule has 0 unspecified atom stereocenters. The zero-order chi connectivity index (χ0) is 13.5. The minimum absolute atomic E-state index is 0. The molecule has 0 aliphatic rings. The van der Waals surface area contributed by atoms with Crippen molar-refractivity contribution in [2.75, 3.05) is 14.2 Å². The minimum Gasteiger partial charge on any atom is -1.00 e. The molecule has 0 saturated carbocycles. The maximum absolute atomic E-state index is 5.70. The second kappa shape index (κ2) is 10.8. The molecule has 0 amide bonds. The van der Waals surface area contributed by atoms with Gasteiger partial charge in [-0.1, -0.05) is 0 Å². The van der Waals surface area contributed by atoms with E-state index < -0.39 is 24.1 Å². The molecule has 0 radical (unpaired) electrons. The third-order valence-corrected chi connectivity index (χ3v) is 3.93. The van der Waals surface area contributed by atoms with E-state index in [1.54, 1.807) is 14.2 Å². The van der Waals surface area contributed by atoms with Gasteiger partial charge in [0, 0.05) is 0 Å². The van der Waals surface area contributed by atoms with E-state index in [1.807, 2.05) is 48.5 Å². The second-order valence-electron chi connectivity index (χ2n) is 3.59. The quantitative estimate of drug-likeness (QED) is 0.514. The Morgan fingerprint density at radius 1 is 0.619 bits per heavy atom. The van der Waals surface area contributed by atoms with Crippen LogP contribution in [0.25, 0.3) is 0 Å². The Hall–Kier alpha value is -0.897. The van der Waals surface area contributed by atoms with Gasteiger partial charge in [-0.15, -0.1) is 0 Å². The van der Waals surface area contributed by atoms with Crippen LogP contribution < -0.4 is 39.9 Å². The van der Waals surface area contributed by atoms with Gasteiger partial charge in [0.15, 0.2) is 0 Å². The van der Waals surface area contributed by atoms with Gasteiger partial charge in [0.25, 0.3) is 0 Å². The fraction of sp³-hybridized carbons (Fsp3) is 0.143. The Kier molecular flexibility index (Phi) is 10.3. The van der Waals surface area contributed by atoms with Gasteiger partial charge in [-0.3, -0.25) is 0 Å². The third-order valence-electron chi connectivity index (χ3n) is 2.44. The van der Waals surface area contributed by atoms with Crippen molar-refractivity contribution in [2.24, 2.45) is 0 Å². The Morgan fingerprint density at radius 2 is 0.952 bits per heavy atom. The largest absolute Gasteiger partial charge is 1.00 e. The molecule has 0 heterocycles. The van der Waals surface area contributed by atoms with Gasteiger partial charge in [0.1, 0.15) is 0 Å². The van der Waals surface area contributed by atoms with Gasteiger partial charge >= 0.3 is 125 Å². The van der Waals surface area contributed by atoms with E-state index in [4.69, 9.17) is 15.1 Å². The summed E-state index contributed by atoms with van der Waals surface area (Å²) in [6, 6.07) is 15.1. The zero-order valence-electron chi connectivity index (χ0n) is 11.5. The van der Waals surface area contributed by atoms with Crippen LogP contribution in [0.2, 0.25) is 0 Å². The molecule has 7 heteroatoms. The molecule has 0 aliphatic heterocycles. The van der Waals surface area contributed by atoms with Crippen LogP contribution >= 0.6 is 0 Å². The average Bonchev–Trinajstić information content (AvgIpc) is 2.48. The van der Waals surface area contributed by atoms with E-state index in [9.17, 15) is 0 Å². The summed E-state index contributed by atoms with van der Waals surface area (Å²) in [5.41, 5.74) is 0. The number of hydrogen-bond acceptors (Lipinski definition) is 4. The smallest absolute Gasteiger partial charge is 1.00 e. The number of methoxy groups -OCH3 is 2. The summed E-state index contributed by atoms with van der Waals surface area (Å²) in [7, 11) is 3.24. The molecular weight excluding hydrogens is 394 g/mol. The first-order valence-corrected chi connectivity index (χ1v) is 7.70. The van der Waals surface area contributed by atoms with Gasteiger partial charge in [-0.05, 0) is 0 Å². The van der Waals surface area contributed by atoms with E-state index in [2.05, 4.69) is 0 Å². The molecule has 0 N–H and O–H groups in total. The summed E-state index contributed by atoms with van der Waals surface area (Å²) in [6.45, 7) is 0. The molecule has 0 spiro atoms. The van der Waals surface area contributed by atoms with Crippen LogP contribution in [0.15, 0.2) is 48.5 Å². The minimum atomic E-state index is -1.50. The fourth-order valence-electron chi connectivity index (χ4n) is 1.52. The number of rotatable bonds is 6.